The normalized spacial score (nSPS) is 13.5. The Balaban J connectivity index is 2.69. The topological polar surface area (TPSA) is 50.1 Å². The molecule has 0 aliphatic rings. The van der Waals surface area contributed by atoms with E-state index in [4.69, 9.17) is 4.74 Å². The fourth-order valence-electron chi connectivity index (χ4n) is 2.56. The van der Waals surface area contributed by atoms with Crippen LogP contribution in [-0.2, 0) is 14.9 Å². The molecule has 0 aliphatic carbocycles. The lowest BCUT2D eigenvalue weighted by Gasteiger charge is -2.31. The van der Waals surface area contributed by atoms with Gasteiger partial charge in [-0.25, -0.2) is 0 Å². The van der Waals surface area contributed by atoms with Crippen molar-refractivity contribution in [2.75, 3.05) is 6.61 Å². The molecule has 1 unspecified atom stereocenters. The maximum absolute atomic E-state index is 11.4. The van der Waals surface area contributed by atoms with E-state index in [1.54, 1.807) is 0 Å². The maximum atomic E-state index is 11.4. The molecule has 1 rings (SSSR count). The van der Waals surface area contributed by atoms with Gasteiger partial charge in [0, 0.05) is 6.42 Å². The number of hydrogen-bond acceptors (Lipinski definition) is 3. The van der Waals surface area contributed by atoms with Crippen LogP contribution in [-0.4, -0.2) is 12.6 Å². The fraction of sp³-hybridized carbons (Fsp3) is 0.556. The van der Waals surface area contributed by atoms with Crippen molar-refractivity contribution in [3.05, 3.63) is 35.9 Å². The Morgan fingerprint density at radius 1 is 1.33 bits per heavy atom. The number of hydrogen-bond donors (Lipinski definition) is 0. The molecule has 1 aromatic carbocycles. The van der Waals surface area contributed by atoms with E-state index >= 15 is 0 Å². The van der Waals surface area contributed by atoms with Gasteiger partial charge in [-0.2, -0.15) is 5.26 Å². The van der Waals surface area contributed by atoms with E-state index in [1.165, 1.54) is 0 Å². The van der Waals surface area contributed by atoms with Gasteiger partial charge in [-0.1, -0.05) is 51.1 Å². The van der Waals surface area contributed by atoms with Crippen molar-refractivity contribution in [3.63, 3.8) is 0 Å². The molecule has 0 N–H and O–H groups in total. The lowest BCUT2D eigenvalue weighted by Crippen LogP contribution is -2.31. The van der Waals surface area contributed by atoms with Gasteiger partial charge >= 0.3 is 5.97 Å². The van der Waals surface area contributed by atoms with Crippen molar-refractivity contribution in [2.45, 2.75) is 51.9 Å². The van der Waals surface area contributed by atoms with E-state index in [9.17, 15) is 10.1 Å². The van der Waals surface area contributed by atoms with Gasteiger partial charge < -0.3 is 4.74 Å². The molecular weight excluding hydrogens is 262 g/mol. The second-order valence-electron chi connectivity index (χ2n) is 5.68. The molecule has 3 heteroatoms. The minimum atomic E-state index is -0.515. The number of nitriles is 1. The van der Waals surface area contributed by atoms with Gasteiger partial charge in [0.2, 0.25) is 0 Å². The highest BCUT2D eigenvalue weighted by molar-refractivity contribution is 5.69. The third-order valence-corrected chi connectivity index (χ3v) is 3.91. The number of carbonyl (C=O) groups is 1. The Morgan fingerprint density at radius 2 is 2.00 bits per heavy atom. The number of carbonyl (C=O) groups excluding carboxylic acids is 1. The Kier molecular flexibility index (Phi) is 6.94. The minimum Gasteiger partial charge on any atom is -0.466 e. The molecule has 0 fully saturated rings. The highest BCUT2D eigenvalue weighted by Crippen LogP contribution is 2.36. The van der Waals surface area contributed by atoms with Gasteiger partial charge in [-0.15, -0.1) is 0 Å². The van der Waals surface area contributed by atoms with Gasteiger partial charge in [0.15, 0.2) is 0 Å². The van der Waals surface area contributed by atoms with Crippen molar-refractivity contribution in [1.29, 1.82) is 5.26 Å². The minimum absolute atomic E-state index is 0.149. The summed E-state index contributed by atoms with van der Waals surface area (Å²) in [5.41, 5.74) is 0.528. The third-order valence-electron chi connectivity index (χ3n) is 3.91. The summed E-state index contributed by atoms with van der Waals surface area (Å²) in [5.74, 6) is 0.0561. The van der Waals surface area contributed by atoms with Crippen LogP contribution in [0, 0.1) is 17.2 Å². The predicted octanol–water partition coefficient (Wildman–Crippen LogP) is 4.23. The zero-order chi connectivity index (χ0) is 15.7. The number of ether oxygens (including phenoxy) is 1. The first kappa shape index (κ1) is 17.2. The van der Waals surface area contributed by atoms with Gasteiger partial charge in [0.05, 0.1) is 18.1 Å². The lowest BCUT2D eigenvalue weighted by atomic mass is 9.70. The van der Waals surface area contributed by atoms with Gasteiger partial charge in [-0.05, 0) is 30.7 Å². The molecule has 0 aliphatic heterocycles. The average Bonchev–Trinajstić information content (AvgIpc) is 2.48. The molecule has 0 radical (unpaired) electrons. The van der Waals surface area contributed by atoms with Gasteiger partial charge in [0.25, 0.3) is 0 Å². The molecule has 0 aromatic heterocycles. The largest absolute Gasteiger partial charge is 0.466 e. The zero-order valence-corrected chi connectivity index (χ0v) is 13.3. The van der Waals surface area contributed by atoms with E-state index in [1.807, 2.05) is 37.3 Å². The molecular formula is C18H25NO2. The molecule has 1 aromatic rings. The van der Waals surface area contributed by atoms with Crippen molar-refractivity contribution in [1.82, 2.24) is 0 Å². The molecule has 3 nitrogen and oxygen atoms in total. The first-order chi connectivity index (χ1) is 10.1. The molecule has 114 valence electrons. The van der Waals surface area contributed by atoms with Crippen molar-refractivity contribution < 1.29 is 9.53 Å². The van der Waals surface area contributed by atoms with E-state index in [-0.39, 0.29) is 11.9 Å². The Bertz CT molecular complexity index is 476. The van der Waals surface area contributed by atoms with Crippen LogP contribution in [0.3, 0.4) is 0 Å². The van der Waals surface area contributed by atoms with Gasteiger partial charge in [0.1, 0.15) is 0 Å². The Morgan fingerprint density at radius 3 is 2.52 bits per heavy atom. The summed E-state index contributed by atoms with van der Waals surface area (Å²) < 4.78 is 5.19. The third kappa shape index (κ3) is 4.60. The van der Waals surface area contributed by atoms with Crippen LogP contribution in [0.15, 0.2) is 30.3 Å². The van der Waals surface area contributed by atoms with Crippen LogP contribution in [0.5, 0.6) is 0 Å². The SMILES string of the molecule is CCCC(=O)OCCCC(C#N)(c1ccccc1)C(C)C. The summed E-state index contributed by atoms with van der Waals surface area (Å²) in [7, 11) is 0. The zero-order valence-electron chi connectivity index (χ0n) is 13.3. The van der Waals surface area contributed by atoms with Crippen molar-refractivity contribution >= 4 is 5.97 Å². The second kappa shape index (κ2) is 8.46. The van der Waals surface area contributed by atoms with E-state index < -0.39 is 5.41 Å². The molecule has 0 bridgehead atoms. The molecule has 0 spiro atoms. The summed E-state index contributed by atoms with van der Waals surface area (Å²) in [4.78, 5) is 11.4. The molecule has 0 heterocycles. The molecule has 0 saturated carbocycles. The molecule has 0 amide bonds. The number of benzene rings is 1. The van der Waals surface area contributed by atoms with Crippen LogP contribution in [0.4, 0.5) is 0 Å². The highest BCUT2D eigenvalue weighted by atomic mass is 16.5. The molecule has 21 heavy (non-hydrogen) atoms. The van der Waals surface area contributed by atoms with Crippen LogP contribution in [0.2, 0.25) is 0 Å². The average molecular weight is 287 g/mol. The monoisotopic (exact) mass is 287 g/mol. The van der Waals surface area contributed by atoms with E-state index in [0.29, 0.717) is 25.9 Å². The Hall–Kier alpha value is -1.82. The molecule has 1 atom stereocenters. The summed E-state index contributed by atoms with van der Waals surface area (Å²) in [6, 6.07) is 12.4. The summed E-state index contributed by atoms with van der Waals surface area (Å²) in [6.45, 7) is 6.48. The quantitative estimate of drug-likeness (QED) is 0.531. The fourth-order valence-corrected chi connectivity index (χ4v) is 2.56. The second-order valence-corrected chi connectivity index (χ2v) is 5.68. The summed E-state index contributed by atoms with van der Waals surface area (Å²) in [6.07, 6.45) is 2.67. The smallest absolute Gasteiger partial charge is 0.305 e. The van der Waals surface area contributed by atoms with E-state index in [0.717, 1.165) is 12.0 Å². The number of esters is 1. The number of nitrogens with zero attached hydrogens (tertiary/aromatic N) is 1. The predicted molar refractivity (Wildman–Crippen MR) is 83.7 cm³/mol. The standard InChI is InChI=1S/C18H25NO2/c1-4-9-17(20)21-13-8-12-18(14-19,15(2)3)16-10-6-5-7-11-16/h5-7,10-11,15H,4,8-9,12-13H2,1-3H3. The van der Waals surface area contributed by atoms with Crippen LogP contribution < -0.4 is 0 Å². The Labute approximate surface area is 127 Å². The maximum Gasteiger partial charge on any atom is 0.305 e. The van der Waals surface area contributed by atoms with Crippen molar-refractivity contribution in [2.24, 2.45) is 5.92 Å². The summed E-state index contributed by atoms with van der Waals surface area (Å²) in [5, 5.41) is 9.74. The first-order valence-electron chi connectivity index (χ1n) is 7.69. The van der Waals surface area contributed by atoms with Crippen LogP contribution >= 0.6 is 0 Å². The highest BCUT2D eigenvalue weighted by Gasteiger charge is 2.35. The van der Waals surface area contributed by atoms with E-state index in [2.05, 4.69) is 19.9 Å². The first-order valence-corrected chi connectivity index (χ1v) is 7.69. The van der Waals surface area contributed by atoms with Gasteiger partial charge in [-0.3, -0.25) is 4.79 Å². The van der Waals surface area contributed by atoms with Crippen molar-refractivity contribution in [3.8, 4) is 6.07 Å². The van der Waals surface area contributed by atoms with Crippen LogP contribution in [0.1, 0.15) is 52.0 Å². The lowest BCUT2D eigenvalue weighted by molar-refractivity contribution is -0.143. The summed E-state index contributed by atoms with van der Waals surface area (Å²) >= 11 is 0. The van der Waals surface area contributed by atoms with Crippen LogP contribution in [0.25, 0.3) is 0 Å². The number of rotatable bonds is 8. The molecule has 0 saturated heterocycles.